The second kappa shape index (κ2) is 5.74. The number of amides is 1. The molecule has 1 aliphatic rings. The molecule has 0 spiro atoms. The molecule has 0 aromatic rings. The second-order valence-electron chi connectivity index (χ2n) is 5.97. The van der Waals surface area contributed by atoms with Gasteiger partial charge >= 0.3 is 6.09 Å². The molecule has 0 bridgehead atoms. The number of aliphatic hydroxyl groups excluding tert-OH is 1. The largest absolute Gasteiger partial charge is 0.444 e. The summed E-state index contributed by atoms with van der Waals surface area (Å²) in [6, 6.07) is -0.159. The number of likely N-dealkylation sites (tertiary alicyclic amines) is 1. The molecule has 4 nitrogen and oxygen atoms in total. The van der Waals surface area contributed by atoms with Crippen LogP contribution in [-0.4, -0.2) is 40.4 Å². The smallest absolute Gasteiger partial charge is 0.410 e. The van der Waals surface area contributed by atoms with Gasteiger partial charge < -0.3 is 14.7 Å². The van der Waals surface area contributed by atoms with Crippen LogP contribution in [0.4, 0.5) is 4.79 Å². The first-order valence-electron chi connectivity index (χ1n) is 6.56. The summed E-state index contributed by atoms with van der Waals surface area (Å²) >= 11 is 0. The molecule has 0 radical (unpaired) electrons. The van der Waals surface area contributed by atoms with Crippen molar-refractivity contribution in [3.8, 4) is 0 Å². The Hall–Kier alpha value is -1.03. The highest BCUT2D eigenvalue weighted by atomic mass is 16.6. The van der Waals surface area contributed by atoms with E-state index >= 15 is 0 Å². The highest BCUT2D eigenvalue weighted by molar-refractivity contribution is 5.69. The van der Waals surface area contributed by atoms with Crippen molar-refractivity contribution in [3.05, 3.63) is 12.7 Å². The van der Waals surface area contributed by atoms with E-state index in [0.717, 1.165) is 12.8 Å². The molecule has 4 heteroatoms. The predicted octanol–water partition coefficient (Wildman–Crippen LogP) is 2.57. The third-order valence-electron chi connectivity index (χ3n) is 3.23. The van der Waals surface area contributed by atoms with Crippen LogP contribution >= 0.6 is 0 Å². The summed E-state index contributed by atoms with van der Waals surface area (Å²) in [5.74, 6) is -0.0296. The van der Waals surface area contributed by atoms with Gasteiger partial charge in [0.2, 0.25) is 0 Å². The third-order valence-corrected chi connectivity index (χ3v) is 3.23. The molecule has 3 atom stereocenters. The first-order valence-corrected chi connectivity index (χ1v) is 6.56. The van der Waals surface area contributed by atoms with Crippen LogP contribution in [0.5, 0.6) is 0 Å². The van der Waals surface area contributed by atoms with E-state index in [2.05, 4.69) is 6.58 Å². The second-order valence-corrected chi connectivity index (χ2v) is 5.97. The van der Waals surface area contributed by atoms with Crippen molar-refractivity contribution in [2.75, 3.05) is 6.54 Å². The standard InChI is InChI=1S/C14H25NO3/c1-6-10(2)12(16)11-8-7-9-15(11)13(17)18-14(3,4)5/h6,10-12,16H,1,7-9H2,2-5H3/t10-,11+,12+/m1/s1. The van der Waals surface area contributed by atoms with Crippen molar-refractivity contribution in [1.82, 2.24) is 4.90 Å². The lowest BCUT2D eigenvalue weighted by molar-refractivity contribution is -0.00100. The fourth-order valence-corrected chi connectivity index (χ4v) is 2.18. The summed E-state index contributed by atoms with van der Waals surface area (Å²) in [6.45, 7) is 11.8. The lowest BCUT2D eigenvalue weighted by Gasteiger charge is -2.32. The maximum atomic E-state index is 12.1. The van der Waals surface area contributed by atoms with Crippen molar-refractivity contribution < 1.29 is 14.6 Å². The first-order chi connectivity index (χ1) is 8.26. The summed E-state index contributed by atoms with van der Waals surface area (Å²) in [4.78, 5) is 13.7. The van der Waals surface area contributed by atoms with Crippen LogP contribution in [0.1, 0.15) is 40.5 Å². The molecule has 1 saturated heterocycles. The molecule has 1 fully saturated rings. The predicted molar refractivity (Wildman–Crippen MR) is 71.3 cm³/mol. The van der Waals surface area contributed by atoms with Crippen LogP contribution < -0.4 is 0 Å². The van der Waals surface area contributed by atoms with Gasteiger partial charge in [-0.05, 0) is 33.6 Å². The number of hydrogen-bond acceptors (Lipinski definition) is 3. The fourth-order valence-electron chi connectivity index (χ4n) is 2.18. The molecule has 0 unspecified atom stereocenters. The van der Waals surface area contributed by atoms with Gasteiger partial charge in [0.05, 0.1) is 12.1 Å². The molecule has 0 aromatic carbocycles. The molecule has 1 heterocycles. The molecule has 1 aliphatic heterocycles. The zero-order chi connectivity index (χ0) is 13.9. The minimum atomic E-state index is -0.572. The van der Waals surface area contributed by atoms with E-state index in [1.807, 2.05) is 27.7 Å². The average Bonchev–Trinajstić information content (AvgIpc) is 2.73. The molecule has 18 heavy (non-hydrogen) atoms. The van der Waals surface area contributed by atoms with E-state index in [1.54, 1.807) is 11.0 Å². The van der Waals surface area contributed by atoms with E-state index in [9.17, 15) is 9.90 Å². The Bertz CT molecular complexity index is 309. The molecule has 104 valence electrons. The van der Waals surface area contributed by atoms with Crippen molar-refractivity contribution in [3.63, 3.8) is 0 Å². The lowest BCUT2D eigenvalue weighted by Crippen LogP contribution is -2.46. The number of rotatable bonds is 3. The van der Waals surface area contributed by atoms with Crippen LogP contribution in [0, 0.1) is 5.92 Å². The Morgan fingerprint density at radius 3 is 2.67 bits per heavy atom. The van der Waals surface area contributed by atoms with Gasteiger partial charge in [0.15, 0.2) is 0 Å². The van der Waals surface area contributed by atoms with Crippen molar-refractivity contribution in [2.24, 2.45) is 5.92 Å². The maximum Gasteiger partial charge on any atom is 0.410 e. The first kappa shape index (κ1) is 15.0. The number of carbonyl (C=O) groups excluding carboxylic acids is 1. The molecule has 0 aliphatic carbocycles. The monoisotopic (exact) mass is 255 g/mol. The average molecular weight is 255 g/mol. The van der Waals surface area contributed by atoms with Gasteiger partial charge in [-0.15, -0.1) is 6.58 Å². The van der Waals surface area contributed by atoms with Crippen LogP contribution in [0.15, 0.2) is 12.7 Å². The van der Waals surface area contributed by atoms with E-state index in [0.29, 0.717) is 6.54 Å². The van der Waals surface area contributed by atoms with Crippen LogP contribution in [0.3, 0.4) is 0 Å². The highest BCUT2D eigenvalue weighted by Gasteiger charge is 2.37. The van der Waals surface area contributed by atoms with Gasteiger partial charge in [0, 0.05) is 12.5 Å². The molecule has 1 rings (SSSR count). The topological polar surface area (TPSA) is 49.8 Å². The zero-order valence-electron chi connectivity index (χ0n) is 11.8. The summed E-state index contributed by atoms with van der Waals surface area (Å²) < 4.78 is 5.37. The third kappa shape index (κ3) is 3.73. The Kier molecular flexibility index (Phi) is 4.79. The lowest BCUT2D eigenvalue weighted by atomic mass is 9.96. The van der Waals surface area contributed by atoms with Crippen molar-refractivity contribution >= 4 is 6.09 Å². The fraction of sp³-hybridized carbons (Fsp3) is 0.786. The minimum Gasteiger partial charge on any atom is -0.444 e. The summed E-state index contributed by atoms with van der Waals surface area (Å²) in [5.41, 5.74) is -0.501. The molecule has 1 N–H and O–H groups in total. The molecule has 1 amide bonds. The van der Waals surface area contributed by atoms with Crippen molar-refractivity contribution in [1.29, 1.82) is 0 Å². The van der Waals surface area contributed by atoms with Gasteiger partial charge in [-0.3, -0.25) is 0 Å². The number of carbonyl (C=O) groups is 1. The Morgan fingerprint density at radius 2 is 2.17 bits per heavy atom. The molecular formula is C14H25NO3. The summed E-state index contributed by atoms with van der Waals surface area (Å²) in [7, 11) is 0. The van der Waals surface area contributed by atoms with Crippen LogP contribution in [0.2, 0.25) is 0 Å². The van der Waals surface area contributed by atoms with Gasteiger partial charge in [-0.25, -0.2) is 4.79 Å². The number of nitrogens with zero attached hydrogens (tertiary/aromatic N) is 1. The maximum absolute atomic E-state index is 12.1. The minimum absolute atomic E-state index is 0.0296. The zero-order valence-corrected chi connectivity index (χ0v) is 11.8. The van der Waals surface area contributed by atoms with Gasteiger partial charge in [0.1, 0.15) is 5.60 Å². The molecule has 0 saturated carbocycles. The molecular weight excluding hydrogens is 230 g/mol. The van der Waals surface area contributed by atoms with E-state index in [-0.39, 0.29) is 18.1 Å². The van der Waals surface area contributed by atoms with Gasteiger partial charge in [-0.2, -0.15) is 0 Å². The van der Waals surface area contributed by atoms with Gasteiger partial charge in [-0.1, -0.05) is 13.0 Å². The SMILES string of the molecule is C=C[C@@H](C)[C@H](O)[C@@H]1CCCN1C(=O)OC(C)(C)C. The summed E-state index contributed by atoms with van der Waals surface area (Å²) in [6.07, 6.45) is 2.54. The Morgan fingerprint density at radius 1 is 1.56 bits per heavy atom. The molecule has 0 aromatic heterocycles. The number of ether oxygens (including phenoxy) is 1. The quantitative estimate of drug-likeness (QED) is 0.788. The van der Waals surface area contributed by atoms with E-state index in [4.69, 9.17) is 4.74 Å². The van der Waals surface area contributed by atoms with E-state index in [1.165, 1.54) is 0 Å². The summed E-state index contributed by atoms with van der Waals surface area (Å²) in [5, 5.41) is 10.2. The van der Waals surface area contributed by atoms with Gasteiger partial charge in [0.25, 0.3) is 0 Å². The van der Waals surface area contributed by atoms with E-state index < -0.39 is 11.7 Å². The van der Waals surface area contributed by atoms with Crippen LogP contribution in [0.25, 0.3) is 0 Å². The number of hydrogen-bond donors (Lipinski definition) is 1. The Labute approximate surface area is 110 Å². The number of aliphatic hydroxyl groups is 1. The normalized spacial score (nSPS) is 23.6. The van der Waals surface area contributed by atoms with Crippen molar-refractivity contribution in [2.45, 2.75) is 58.3 Å². The Balaban J connectivity index is 2.70. The van der Waals surface area contributed by atoms with Crippen LogP contribution in [-0.2, 0) is 4.74 Å². The highest BCUT2D eigenvalue weighted by Crippen LogP contribution is 2.26.